The Morgan fingerprint density at radius 1 is 0.958 bits per heavy atom. The molecule has 0 amide bonds. The third kappa shape index (κ3) is 3.40. The first-order valence-electron chi connectivity index (χ1n) is 6.85. The van der Waals surface area contributed by atoms with Gasteiger partial charge in [-0.2, -0.15) is 13.2 Å². The van der Waals surface area contributed by atoms with Crippen LogP contribution in [0, 0.1) is 0 Å². The predicted octanol–water partition coefficient (Wildman–Crippen LogP) is 3.28. The van der Waals surface area contributed by atoms with Gasteiger partial charge in [0.15, 0.2) is 11.5 Å². The molecule has 0 spiro atoms. The zero-order chi connectivity index (χ0) is 17.4. The molecule has 0 aromatic heterocycles. The highest BCUT2D eigenvalue weighted by molar-refractivity contribution is 7.92. The molecule has 2 aromatic carbocycles. The highest BCUT2D eigenvalue weighted by Crippen LogP contribution is 2.34. The van der Waals surface area contributed by atoms with Crippen molar-refractivity contribution in [3.8, 4) is 11.5 Å². The number of alkyl halides is 3. The number of hydrogen-bond acceptors (Lipinski definition) is 4. The van der Waals surface area contributed by atoms with E-state index in [-0.39, 0.29) is 5.69 Å². The molecule has 0 unspecified atom stereocenters. The molecule has 5 nitrogen and oxygen atoms in total. The van der Waals surface area contributed by atoms with Crippen LogP contribution in [0.15, 0.2) is 47.4 Å². The van der Waals surface area contributed by atoms with Crippen molar-refractivity contribution in [1.29, 1.82) is 0 Å². The van der Waals surface area contributed by atoms with E-state index < -0.39 is 26.7 Å². The number of halogens is 3. The summed E-state index contributed by atoms with van der Waals surface area (Å²) >= 11 is 0. The molecule has 0 fully saturated rings. The summed E-state index contributed by atoms with van der Waals surface area (Å²) in [6, 6.07) is 7.91. The van der Waals surface area contributed by atoms with Crippen LogP contribution in [-0.4, -0.2) is 21.6 Å². The molecular formula is C15H12F3NO4S. The number of nitrogens with one attached hydrogen (secondary N) is 1. The lowest BCUT2D eigenvalue weighted by molar-refractivity contribution is -0.137. The molecule has 1 N–H and O–H groups in total. The Hall–Kier alpha value is -2.42. The first-order chi connectivity index (χ1) is 11.3. The van der Waals surface area contributed by atoms with Crippen molar-refractivity contribution in [3.63, 3.8) is 0 Å². The first kappa shape index (κ1) is 16.4. The van der Waals surface area contributed by atoms with Gasteiger partial charge in [-0.1, -0.05) is 6.07 Å². The van der Waals surface area contributed by atoms with Crippen LogP contribution in [0.25, 0.3) is 0 Å². The second-order valence-electron chi connectivity index (χ2n) is 4.99. The number of sulfonamides is 1. The number of hydrogen-bond donors (Lipinski definition) is 1. The number of ether oxygens (including phenoxy) is 2. The van der Waals surface area contributed by atoms with Crippen molar-refractivity contribution in [2.24, 2.45) is 0 Å². The molecule has 0 bridgehead atoms. The molecule has 1 heterocycles. The molecule has 9 heteroatoms. The second kappa shape index (κ2) is 5.90. The van der Waals surface area contributed by atoms with E-state index in [1.54, 1.807) is 0 Å². The minimum absolute atomic E-state index is 0.164. The smallest absolute Gasteiger partial charge is 0.416 e. The fourth-order valence-electron chi connectivity index (χ4n) is 2.16. The van der Waals surface area contributed by atoms with Gasteiger partial charge in [0.2, 0.25) is 0 Å². The maximum atomic E-state index is 12.7. The van der Waals surface area contributed by atoms with Gasteiger partial charge in [-0.05, 0) is 30.3 Å². The quantitative estimate of drug-likeness (QED) is 0.914. The molecular weight excluding hydrogens is 347 g/mol. The monoisotopic (exact) mass is 359 g/mol. The molecule has 1 aliphatic rings. The second-order valence-corrected chi connectivity index (χ2v) is 6.67. The Balaban J connectivity index is 1.89. The van der Waals surface area contributed by atoms with Crippen LogP contribution in [0.4, 0.5) is 18.9 Å². The molecule has 3 rings (SSSR count). The molecule has 1 aliphatic heterocycles. The Morgan fingerprint density at radius 2 is 1.67 bits per heavy atom. The van der Waals surface area contributed by atoms with Crippen LogP contribution in [0.2, 0.25) is 0 Å². The highest BCUT2D eigenvalue weighted by atomic mass is 32.2. The summed E-state index contributed by atoms with van der Waals surface area (Å²) in [7, 11) is -4.17. The summed E-state index contributed by atoms with van der Waals surface area (Å²) in [5.41, 5.74) is -0.871. The van der Waals surface area contributed by atoms with E-state index in [0.717, 1.165) is 18.2 Å². The van der Waals surface area contributed by atoms with Crippen molar-refractivity contribution >= 4 is 15.7 Å². The summed E-state index contributed by atoms with van der Waals surface area (Å²) < 4.78 is 75.7. The zero-order valence-corrected chi connectivity index (χ0v) is 12.9. The average molecular weight is 359 g/mol. The summed E-state index contributed by atoms with van der Waals surface area (Å²) in [6.45, 7) is 0.721. The standard InChI is InChI=1S/C15H12F3NO4S/c16-15(17,18)10-2-1-3-12(8-10)24(20,21)19-11-4-5-13-14(9-11)23-7-6-22-13/h1-5,8-9,19H,6-7H2. The first-order valence-corrected chi connectivity index (χ1v) is 8.34. The van der Waals surface area contributed by atoms with Crippen molar-refractivity contribution in [3.05, 3.63) is 48.0 Å². The Labute approximate surface area is 136 Å². The molecule has 0 aliphatic carbocycles. The van der Waals surface area contributed by atoms with Crippen LogP contribution in [0.3, 0.4) is 0 Å². The lowest BCUT2D eigenvalue weighted by Gasteiger charge is -2.19. The SMILES string of the molecule is O=S(=O)(Nc1ccc2c(c1)OCCO2)c1cccc(C(F)(F)F)c1. The van der Waals surface area contributed by atoms with Crippen molar-refractivity contribution < 1.29 is 31.1 Å². The van der Waals surface area contributed by atoms with Gasteiger partial charge >= 0.3 is 6.18 Å². The van der Waals surface area contributed by atoms with Gasteiger partial charge in [0.25, 0.3) is 10.0 Å². The number of benzene rings is 2. The third-order valence-corrected chi connectivity index (χ3v) is 4.65. The van der Waals surface area contributed by atoms with Crippen LogP contribution in [0.5, 0.6) is 11.5 Å². The van der Waals surface area contributed by atoms with E-state index in [4.69, 9.17) is 9.47 Å². The fraction of sp³-hybridized carbons (Fsp3) is 0.200. The normalized spacial score (nSPS) is 14.3. The van der Waals surface area contributed by atoms with Gasteiger partial charge in [-0.15, -0.1) is 0 Å². The van der Waals surface area contributed by atoms with E-state index in [1.165, 1.54) is 18.2 Å². The lowest BCUT2D eigenvalue weighted by atomic mass is 10.2. The topological polar surface area (TPSA) is 64.6 Å². The number of rotatable bonds is 3. The number of fused-ring (bicyclic) bond motifs is 1. The predicted molar refractivity (Wildman–Crippen MR) is 79.7 cm³/mol. The van der Waals surface area contributed by atoms with E-state index in [1.807, 2.05) is 0 Å². The average Bonchev–Trinajstić information content (AvgIpc) is 2.54. The highest BCUT2D eigenvalue weighted by Gasteiger charge is 2.31. The Morgan fingerprint density at radius 3 is 2.38 bits per heavy atom. The van der Waals surface area contributed by atoms with Gasteiger partial charge in [-0.3, -0.25) is 4.72 Å². The van der Waals surface area contributed by atoms with Crippen LogP contribution >= 0.6 is 0 Å². The minimum atomic E-state index is -4.62. The Bertz CT molecular complexity index is 865. The summed E-state index contributed by atoms with van der Waals surface area (Å²) in [5.74, 6) is 0.841. The van der Waals surface area contributed by atoms with E-state index in [0.29, 0.717) is 30.8 Å². The largest absolute Gasteiger partial charge is 0.486 e. The number of anilines is 1. The molecule has 0 saturated carbocycles. The van der Waals surface area contributed by atoms with Crippen molar-refractivity contribution in [2.75, 3.05) is 17.9 Å². The molecule has 0 atom stereocenters. The summed E-state index contributed by atoms with van der Waals surface area (Å²) in [5, 5.41) is 0. The van der Waals surface area contributed by atoms with Crippen molar-refractivity contribution in [1.82, 2.24) is 0 Å². The minimum Gasteiger partial charge on any atom is -0.486 e. The third-order valence-electron chi connectivity index (χ3n) is 3.27. The van der Waals surface area contributed by atoms with Crippen molar-refractivity contribution in [2.45, 2.75) is 11.1 Å². The Kier molecular flexibility index (Phi) is 4.04. The molecule has 24 heavy (non-hydrogen) atoms. The zero-order valence-electron chi connectivity index (χ0n) is 12.1. The van der Waals surface area contributed by atoms with Crippen LogP contribution in [0.1, 0.15) is 5.56 Å². The maximum absolute atomic E-state index is 12.7. The van der Waals surface area contributed by atoms with Gasteiger partial charge < -0.3 is 9.47 Å². The van der Waals surface area contributed by atoms with Gasteiger partial charge in [0.05, 0.1) is 16.1 Å². The summed E-state index contributed by atoms with van der Waals surface area (Å²) in [4.78, 5) is -0.479. The van der Waals surface area contributed by atoms with E-state index >= 15 is 0 Å². The van der Waals surface area contributed by atoms with Gasteiger partial charge in [0.1, 0.15) is 13.2 Å². The molecule has 0 radical (unpaired) electrons. The molecule has 128 valence electrons. The lowest BCUT2D eigenvalue weighted by Crippen LogP contribution is -2.17. The van der Waals surface area contributed by atoms with Crippen LogP contribution < -0.4 is 14.2 Å². The van der Waals surface area contributed by atoms with Gasteiger partial charge in [0, 0.05) is 6.07 Å². The van der Waals surface area contributed by atoms with Gasteiger partial charge in [-0.25, -0.2) is 8.42 Å². The maximum Gasteiger partial charge on any atom is 0.416 e. The summed E-state index contributed by atoms with van der Waals surface area (Å²) in [6.07, 6.45) is -4.62. The molecule has 0 saturated heterocycles. The van der Waals surface area contributed by atoms with E-state index in [9.17, 15) is 21.6 Å². The fourth-order valence-corrected chi connectivity index (χ4v) is 3.26. The van der Waals surface area contributed by atoms with Crippen LogP contribution in [-0.2, 0) is 16.2 Å². The molecule has 2 aromatic rings. The van der Waals surface area contributed by atoms with E-state index in [2.05, 4.69) is 4.72 Å².